The first-order valence-electron chi connectivity index (χ1n) is 9.64. The van der Waals surface area contributed by atoms with E-state index in [1.165, 1.54) is 0 Å². The second kappa shape index (κ2) is 8.66. The number of benzene rings is 1. The number of amides is 1. The van der Waals surface area contributed by atoms with E-state index in [1.54, 1.807) is 31.6 Å². The van der Waals surface area contributed by atoms with E-state index in [0.717, 1.165) is 30.6 Å². The molecule has 1 aromatic carbocycles. The van der Waals surface area contributed by atoms with Gasteiger partial charge in [0.25, 0.3) is 5.91 Å². The van der Waals surface area contributed by atoms with Crippen LogP contribution in [0.3, 0.4) is 0 Å². The van der Waals surface area contributed by atoms with Gasteiger partial charge in [-0.1, -0.05) is 23.7 Å². The lowest BCUT2D eigenvalue weighted by Crippen LogP contribution is -2.38. The number of likely N-dealkylation sites (tertiary alicyclic amines) is 1. The summed E-state index contributed by atoms with van der Waals surface area (Å²) >= 11 is 6.07. The van der Waals surface area contributed by atoms with Gasteiger partial charge in [0.1, 0.15) is 11.8 Å². The molecule has 150 valence electrons. The third-order valence-electron chi connectivity index (χ3n) is 5.08. The molecule has 2 aromatic heterocycles. The molecule has 6 nitrogen and oxygen atoms in total. The van der Waals surface area contributed by atoms with Gasteiger partial charge in [-0.05, 0) is 43.0 Å². The Morgan fingerprint density at radius 2 is 2.14 bits per heavy atom. The molecule has 3 aromatic rings. The molecule has 0 radical (unpaired) electrons. The summed E-state index contributed by atoms with van der Waals surface area (Å²) in [6, 6.07) is 10.9. The molecule has 4 rings (SSSR count). The summed E-state index contributed by atoms with van der Waals surface area (Å²) in [4.78, 5) is 23.5. The number of halogens is 1. The highest BCUT2D eigenvalue weighted by atomic mass is 35.5. The van der Waals surface area contributed by atoms with E-state index in [-0.39, 0.29) is 11.9 Å². The molecule has 1 aliphatic heterocycles. The minimum Gasteiger partial charge on any atom is -0.481 e. The minimum atomic E-state index is -0.175. The molecule has 0 saturated carbocycles. The molecule has 0 unspecified atom stereocenters. The van der Waals surface area contributed by atoms with Crippen LogP contribution < -0.4 is 4.74 Å². The van der Waals surface area contributed by atoms with E-state index in [9.17, 15) is 4.79 Å². The van der Waals surface area contributed by atoms with Crippen LogP contribution >= 0.6 is 11.6 Å². The molecule has 1 amide bonds. The fourth-order valence-electron chi connectivity index (χ4n) is 3.63. The summed E-state index contributed by atoms with van der Waals surface area (Å²) < 4.78 is 11.1. The summed E-state index contributed by atoms with van der Waals surface area (Å²) in [6.07, 6.45) is 6.71. The standard InChI is InChI=1S/C22H22ClN3O3/c1-28-20-9-8-16(13-24-20)22(27)26-10-3-2-7-19(26)21-25-14-18(29-21)12-15-5-4-6-17(23)11-15/h4-6,8-9,11,13-14,19H,2-3,7,10,12H2,1H3/t19-/m0/s1. The number of oxazole rings is 1. The van der Waals surface area contributed by atoms with Gasteiger partial charge < -0.3 is 14.1 Å². The van der Waals surface area contributed by atoms with Gasteiger partial charge in [0.15, 0.2) is 0 Å². The van der Waals surface area contributed by atoms with Crippen LogP contribution in [0.1, 0.15) is 52.9 Å². The number of rotatable bonds is 5. The van der Waals surface area contributed by atoms with Crippen LogP contribution in [-0.2, 0) is 6.42 Å². The number of carbonyl (C=O) groups is 1. The fourth-order valence-corrected chi connectivity index (χ4v) is 3.84. The molecule has 29 heavy (non-hydrogen) atoms. The first-order valence-corrected chi connectivity index (χ1v) is 10.0. The predicted octanol–water partition coefficient (Wildman–Crippen LogP) is 4.69. The quantitative estimate of drug-likeness (QED) is 0.609. The van der Waals surface area contributed by atoms with Crippen LogP contribution in [0.5, 0.6) is 5.88 Å². The molecule has 0 N–H and O–H groups in total. The van der Waals surface area contributed by atoms with Crippen molar-refractivity contribution in [1.82, 2.24) is 14.9 Å². The van der Waals surface area contributed by atoms with Gasteiger partial charge in [0.2, 0.25) is 11.8 Å². The summed E-state index contributed by atoms with van der Waals surface area (Å²) in [5.74, 6) is 1.75. The fraction of sp³-hybridized carbons (Fsp3) is 0.318. The van der Waals surface area contributed by atoms with E-state index in [0.29, 0.717) is 35.3 Å². The number of piperidine rings is 1. The Morgan fingerprint density at radius 3 is 2.90 bits per heavy atom. The van der Waals surface area contributed by atoms with Crippen LogP contribution in [-0.4, -0.2) is 34.4 Å². The molecule has 1 fully saturated rings. The number of carbonyl (C=O) groups excluding carboxylic acids is 1. The normalized spacial score (nSPS) is 16.6. The predicted molar refractivity (Wildman–Crippen MR) is 109 cm³/mol. The number of pyridine rings is 1. The highest BCUT2D eigenvalue weighted by molar-refractivity contribution is 6.30. The van der Waals surface area contributed by atoms with E-state index in [2.05, 4.69) is 9.97 Å². The summed E-state index contributed by atoms with van der Waals surface area (Å²) in [6.45, 7) is 0.668. The Hall–Kier alpha value is -2.86. The Labute approximate surface area is 174 Å². The first kappa shape index (κ1) is 19.5. The van der Waals surface area contributed by atoms with Gasteiger partial charge in [0, 0.05) is 30.3 Å². The van der Waals surface area contributed by atoms with Crippen molar-refractivity contribution in [2.45, 2.75) is 31.7 Å². The van der Waals surface area contributed by atoms with Crippen LogP contribution in [0.15, 0.2) is 53.2 Å². The molecule has 0 spiro atoms. The average Bonchev–Trinajstić information content (AvgIpc) is 3.21. The second-order valence-electron chi connectivity index (χ2n) is 7.07. The van der Waals surface area contributed by atoms with E-state index >= 15 is 0 Å². The number of nitrogens with zero attached hydrogens (tertiary/aromatic N) is 3. The van der Waals surface area contributed by atoms with E-state index in [4.69, 9.17) is 20.8 Å². The maximum atomic E-state index is 13.1. The summed E-state index contributed by atoms with van der Waals surface area (Å²) in [5, 5.41) is 0.694. The molecule has 0 aliphatic carbocycles. The SMILES string of the molecule is COc1ccc(C(=O)N2CCCC[C@H]2c2ncc(Cc3cccc(Cl)c3)o2)cn1. The van der Waals surface area contributed by atoms with Crippen LogP contribution in [0, 0.1) is 0 Å². The van der Waals surface area contributed by atoms with Crippen molar-refractivity contribution in [2.75, 3.05) is 13.7 Å². The highest BCUT2D eigenvalue weighted by Gasteiger charge is 2.32. The van der Waals surface area contributed by atoms with E-state index in [1.807, 2.05) is 29.2 Å². The van der Waals surface area contributed by atoms with Crippen molar-refractivity contribution in [3.63, 3.8) is 0 Å². The number of methoxy groups -OCH3 is 1. The van der Waals surface area contributed by atoms with Crippen molar-refractivity contribution >= 4 is 17.5 Å². The topological polar surface area (TPSA) is 68.5 Å². The molecule has 7 heteroatoms. The lowest BCUT2D eigenvalue weighted by molar-refractivity contribution is 0.0569. The van der Waals surface area contributed by atoms with Gasteiger partial charge in [-0.25, -0.2) is 9.97 Å². The maximum Gasteiger partial charge on any atom is 0.256 e. The van der Waals surface area contributed by atoms with Crippen LogP contribution in [0.25, 0.3) is 0 Å². The second-order valence-corrected chi connectivity index (χ2v) is 7.51. The molecular formula is C22H22ClN3O3. The third-order valence-corrected chi connectivity index (χ3v) is 5.32. The zero-order valence-electron chi connectivity index (χ0n) is 16.2. The zero-order chi connectivity index (χ0) is 20.2. The van der Waals surface area contributed by atoms with Crippen molar-refractivity contribution < 1.29 is 13.9 Å². The molecule has 1 aliphatic rings. The monoisotopic (exact) mass is 411 g/mol. The number of ether oxygens (including phenoxy) is 1. The van der Waals surface area contributed by atoms with E-state index < -0.39 is 0 Å². The van der Waals surface area contributed by atoms with Gasteiger partial charge >= 0.3 is 0 Å². The van der Waals surface area contributed by atoms with Crippen molar-refractivity contribution in [1.29, 1.82) is 0 Å². The highest BCUT2D eigenvalue weighted by Crippen LogP contribution is 2.32. The lowest BCUT2D eigenvalue weighted by Gasteiger charge is -2.33. The molecule has 1 atom stereocenters. The Bertz CT molecular complexity index is 987. The zero-order valence-corrected chi connectivity index (χ0v) is 16.9. The molecule has 3 heterocycles. The molecule has 1 saturated heterocycles. The summed E-state index contributed by atoms with van der Waals surface area (Å²) in [5.41, 5.74) is 1.59. The van der Waals surface area contributed by atoms with Crippen LogP contribution in [0.4, 0.5) is 0 Å². The van der Waals surface area contributed by atoms with Crippen molar-refractivity contribution in [3.8, 4) is 5.88 Å². The number of aromatic nitrogens is 2. The van der Waals surface area contributed by atoms with Gasteiger partial charge in [-0.2, -0.15) is 0 Å². The smallest absolute Gasteiger partial charge is 0.256 e. The Kier molecular flexibility index (Phi) is 5.81. The van der Waals surface area contributed by atoms with Gasteiger partial charge in [-0.15, -0.1) is 0 Å². The molecule has 0 bridgehead atoms. The third kappa shape index (κ3) is 4.43. The Balaban J connectivity index is 1.52. The number of hydrogen-bond donors (Lipinski definition) is 0. The van der Waals surface area contributed by atoms with Gasteiger partial charge in [-0.3, -0.25) is 4.79 Å². The van der Waals surface area contributed by atoms with Gasteiger partial charge in [0.05, 0.1) is 18.9 Å². The average molecular weight is 412 g/mol. The number of hydrogen-bond acceptors (Lipinski definition) is 5. The lowest BCUT2D eigenvalue weighted by atomic mass is 10.0. The van der Waals surface area contributed by atoms with Crippen molar-refractivity contribution in [2.24, 2.45) is 0 Å². The first-order chi connectivity index (χ1) is 14.1. The molecular weight excluding hydrogens is 390 g/mol. The summed E-state index contributed by atoms with van der Waals surface area (Å²) in [7, 11) is 1.55. The Morgan fingerprint density at radius 1 is 1.24 bits per heavy atom. The maximum absolute atomic E-state index is 13.1. The largest absolute Gasteiger partial charge is 0.481 e. The minimum absolute atomic E-state index is 0.0700. The van der Waals surface area contributed by atoms with Crippen molar-refractivity contribution in [3.05, 3.63) is 76.6 Å². The van der Waals surface area contributed by atoms with Crippen LogP contribution in [0.2, 0.25) is 5.02 Å².